The highest BCUT2D eigenvalue weighted by molar-refractivity contribution is 5.92. The van der Waals surface area contributed by atoms with Gasteiger partial charge in [0, 0.05) is 26.2 Å². The number of carbonyl (C=O) groups is 1. The van der Waals surface area contributed by atoms with E-state index in [1.165, 1.54) is 6.20 Å². The number of hydrogen-bond acceptors (Lipinski definition) is 6. The first-order chi connectivity index (χ1) is 12.7. The van der Waals surface area contributed by atoms with Crippen molar-refractivity contribution in [1.29, 1.82) is 0 Å². The minimum Gasteiger partial charge on any atom is -0.492 e. The van der Waals surface area contributed by atoms with E-state index in [0.29, 0.717) is 18.1 Å². The number of carbonyl (C=O) groups excluding carboxylic acids is 1. The van der Waals surface area contributed by atoms with Gasteiger partial charge in [-0.25, -0.2) is 9.97 Å². The van der Waals surface area contributed by atoms with Gasteiger partial charge >= 0.3 is 0 Å². The first-order valence-electron chi connectivity index (χ1n) is 9.03. The van der Waals surface area contributed by atoms with Crippen molar-refractivity contribution in [3.63, 3.8) is 0 Å². The number of benzene rings is 1. The second kappa shape index (κ2) is 8.62. The molecule has 0 atom stereocenters. The minimum absolute atomic E-state index is 0.0606. The summed E-state index contributed by atoms with van der Waals surface area (Å²) >= 11 is 0. The molecule has 2 heterocycles. The second-order valence-electron chi connectivity index (χ2n) is 6.07. The molecule has 1 N–H and O–H groups in total. The quantitative estimate of drug-likeness (QED) is 0.858. The number of anilines is 2. The van der Waals surface area contributed by atoms with E-state index >= 15 is 0 Å². The van der Waals surface area contributed by atoms with Crippen molar-refractivity contribution in [2.75, 3.05) is 44.6 Å². The van der Waals surface area contributed by atoms with Crippen LogP contribution >= 0.6 is 0 Å². The monoisotopic (exact) mass is 355 g/mol. The van der Waals surface area contributed by atoms with Crippen LogP contribution in [0.4, 0.5) is 11.5 Å². The molecule has 1 aliphatic rings. The summed E-state index contributed by atoms with van der Waals surface area (Å²) in [7, 11) is 0. The lowest BCUT2D eigenvalue weighted by Gasteiger charge is -2.33. The van der Waals surface area contributed by atoms with Gasteiger partial charge in [0.2, 0.25) is 0 Å². The average molecular weight is 355 g/mol. The Bertz CT molecular complexity index is 727. The maximum Gasteiger partial charge on any atom is 0.274 e. The van der Waals surface area contributed by atoms with Gasteiger partial charge < -0.3 is 19.9 Å². The number of rotatable bonds is 6. The first-order valence-corrected chi connectivity index (χ1v) is 9.03. The molecule has 1 amide bonds. The van der Waals surface area contributed by atoms with E-state index in [0.717, 1.165) is 44.2 Å². The second-order valence-corrected chi connectivity index (χ2v) is 6.07. The van der Waals surface area contributed by atoms with Crippen molar-refractivity contribution < 1.29 is 9.53 Å². The molecule has 1 fully saturated rings. The molecule has 0 spiro atoms. The molecule has 26 heavy (non-hydrogen) atoms. The van der Waals surface area contributed by atoms with Crippen LogP contribution in [0.25, 0.3) is 0 Å². The molecule has 1 aliphatic heterocycles. The van der Waals surface area contributed by atoms with E-state index in [1.54, 1.807) is 6.20 Å². The molecule has 7 heteroatoms. The molecule has 2 aromatic rings. The standard InChI is InChI=1S/C19H25N5O2/c1-3-23-9-11-24(12-10-23)19(25)16-13-21-18(14-20-16)22-15-7-5-6-8-17(15)26-4-2/h5-8,13-14H,3-4,9-12H2,1-2H3,(H,21,22). The summed E-state index contributed by atoms with van der Waals surface area (Å²) in [6, 6.07) is 7.65. The third kappa shape index (κ3) is 4.29. The molecule has 7 nitrogen and oxygen atoms in total. The van der Waals surface area contributed by atoms with E-state index in [9.17, 15) is 4.79 Å². The third-order valence-corrected chi connectivity index (χ3v) is 4.43. The van der Waals surface area contributed by atoms with Crippen LogP contribution in [0.15, 0.2) is 36.7 Å². The molecule has 3 rings (SSSR count). The van der Waals surface area contributed by atoms with Gasteiger partial charge in [0.25, 0.3) is 5.91 Å². The van der Waals surface area contributed by atoms with Crippen molar-refractivity contribution in [2.24, 2.45) is 0 Å². The van der Waals surface area contributed by atoms with E-state index in [-0.39, 0.29) is 5.91 Å². The fourth-order valence-corrected chi connectivity index (χ4v) is 2.92. The number of nitrogens with one attached hydrogen (secondary N) is 1. The number of amides is 1. The van der Waals surface area contributed by atoms with Crippen LogP contribution in [0, 0.1) is 0 Å². The highest BCUT2D eigenvalue weighted by Gasteiger charge is 2.22. The number of likely N-dealkylation sites (N-methyl/N-ethyl adjacent to an activating group) is 1. The lowest BCUT2D eigenvalue weighted by molar-refractivity contribution is 0.0637. The Balaban J connectivity index is 1.64. The smallest absolute Gasteiger partial charge is 0.274 e. The van der Waals surface area contributed by atoms with Crippen molar-refractivity contribution in [3.05, 3.63) is 42.4 Å². The Hall–Kier alpha value is -2.67. The normalized spacial score (nSPS) is 14.9. The van der Waals surface area contributed by atoms with Crippen LogP contribution in [0.2, 0.25) is 0 Å². The zero-order chi connectivity index (χ0) is 18.4. The Morgan fingerprint density at radius 2 is 1.88 bits per heavy atom. The van der Waals surface area contributed by atoms with Crippen LogP contribution in [0.5, 0.6) is 5.75 Å². The molecule has 1 aromatic heterocycles. The largest absolute Gasteiger partial charge is 0.492 e. The maximum absolute atomic E-state index is 12.6. The van der Waals surface area contributed by atoms with Crippen molar-refractivity contribution in [2.45, 2.75) is 13.8 Å². The summed E-state index contributed by atoms with van der Waals surface area (Å²) in [5.74, 6) is 1.27. The summed E-state index contributed by atoms with van der Waals surface area (Å²) in [6.07, 6.45) is 3.11. The van der Waals surface area contributed by atoms with Gasteiger partial charge in [-0.3, -0.25) is 4.79 Å². The van der Waals surface area contributed by atoms with E-state index in [2.05, 4.69) is 27.1 Å². The SMILES string of the molecule is CCOc1ccccc1Nc1cnc(C(=O)N2CCN(CC)CC2)cn1. The number of ether oxygens (including phenoxy) is 1. The molecule has 0 bridgehead atoms. The number of nitrogens with zero attached hydrogens (tertiary/aromatic N) is 4. The summed E-state index contributed by atoms with van der Waals surface area (Å²) in [4.78, 5) is 25.4. The summed E-state index contributed by atoms with van der Waals surface area (Å²) in [5.41, 5.74) is 1.19. The van der Waals surface area contributed by atoms with E-state index in [4.69, 9.17) is 4.74 Å². The lowest BCUT2D eigenvalue weighted by atomic mass is 10.2. The molecular weight excluding hydrogens is 330 g/mol. The van der Waals surface area contributed by atoms with Gasteiger partial charge in [-0.1, -0.05) is 19.1 Å². The van der Waals surface area contributed by atoms with Gasteiger partial charge in [-0.05, 0) is 25.6 Å². The van der Waals surface area contributed by atoms with Gasteiger partial charge in [0.1, 0.15) is 17.3 Å². The zero-order valence-electron chi connectivity index (χ0n) is 15.3. The molecule has 1 saturated heterocycles. The predicted octanol–water partition coefficient (Wildman–Crippen LogP) is 2.40. The zero-order valence-corrected chi connectivity index (χ0v) is 15.3. The van der Waals surface area contributed by atoms with Crippen LogP contribution < -0.4 is 10.1 Å². The Labute approximate surface area is 154 Å². The topological polar surface area (TPSA) is 70.6 Å². The summed E-state index contributed by atoms with van der Waals surface area (Å²) in [5, 5.41) is 3.19. The highest BCUT2D eigenvalue weighted by atomic mass is 16.5. The molecule has 0 aliphatic carbocycles. The van der Waals surface area contributed by atoms with Crippen LogP contribution in [-0.2, 0) is 0 Å². The van der Waals surface area contributed by atoms with Gasteiger partial charge in [0.15, 0.2) is 0 Å². The van der Waals surface area contributed by atoms with Gasteiger partial charge in [-0.15, -0.1) is 0 Å². The fraction of sp³-hybridized carbons (Fsp3) is 0.421. The predicted molar refractivity (Wildman–Crippen MR) is 101 cm³/mol. The van der Waals surface area contributed by atoms with E-state index < -0.39 is 0 Å². The van der Waals surface area contributed by atoms with Gasteiger partial charge in [-0.2, -0.15) is 0 Å². The minimum atomic E-state index is -0.0606. The molecular formula is C19H25N5O2. The van der Waals surface area contributed by atoms with Crippen molar-refractivity contribution >= 4 is 17.4 Å². The number of hydrogen-bond donors (Lipinski definition) is 1. The number of para-hydroxylation sites is 2. The van der Waals surface area contributed by atoms with Crippen LogP contribution in [-0.4, -0.2) is 65.0 Å². The average Bonchev–Trinajstić information content (AvgIpc) is 2.70. The van der Waals surface area contributed by atoms with Crippen molar-refractivity contribution in [3.8, 4) is 5.75 Å². The number of piperazine rings is 1. The third-order valence-electron chi connectivity index (χ3n) is 4.43. The van der Waals surface area contributed by atoms with Crippen LogP contribution in [0.1, 0.15) is 24.3 Å². The number of aromatic nitrogens is 2. The van der Waals surface area contributed by atoms with Crippen molar-refractivity contribution in [1.82, 2.24) is 19.8 Å². The molecule has 138 valence electrons. The molecule has 0 unspecified atom stereocenters. The summed E-state index contributed by atoms with van der Waals surface area (Å²) < 4.78 is 5.59. The summed E-state index contributed by atoms with van der Waals surface area (Å²) in [6.45, 7) is 8.96. The van der Waals surface area contributed by atoms with Gasteiger partial charge in [0.05, 0.1) is 24.7 Å². The Morgan fingerprint density at radius 1 is 1.12 bits per heavy atom. The van der Waals surface area contributed by atoms with E-state index in [1.807, 2.05) is 36.1 Å². The molecule has 0 saturated carbocycles. The maximum atomic E-state index is 12.6. The molecule has 1 aromatic carbocycles. The highest BCUT2D eigenvalue weighted by Crippen LogP contribution is 2.26. The Kier molecular flexibility index (Phi) is 6.01. The van der Waals surface area contributed by atoms with Crippen LogP contribution in [0.3, 0.4) is 0 Å². The first kappa shape index (κ1) is 18.1. The Morgan fingerprint density at radius 3 is 2.54 bits per heavy atom. The molecule has 0 radical (unpaired) electrons. The fourth-order valence-electron chi connectivity index (χ4n) is 2.92. The lowest BCUT2D eigenvalue weighted by Crippen LogP contribution is -2.48.